The van der Waals surface area contributed by atoms with Gasteiger partial charge in [-0.25, -0.2) is 18.2 Å². The molecule has 2 aromatic carbocycles. The number of hydrogen-bond donors (Lipinski definition) is 0. The number of aromatic nitrogens is 2. The predicted molar refractivity (Wildman–Crippen MR) is 116 cm³/mol. The summed E-state index contributed by atoms with van der Waals surface area (Å²) in [5.74, 6) is -2.46. The fourth-order valence-electron chi connectivity index (χ4n) is 3.99. The first-order valence-corrected chi connectivity index (χ1v) is 10.9. The molecule has 0 spiro atoms. The molecule has 10 heteroatoms. The molecule has 0 bridgehead atoms. The van der Waals surface area contributed by atoms with Gasteiger partial charge in [-0.2, -0.15) is 4.98 Å². The second-order valence-corrected chi connectivity index (χ2v) is 7.99. The van der Waals surface area contributed by atoms with E-state index in [9.17, 15) is 18.0 Å². The lowest BCUT2D eigenvalue weighted by Crippen LogP contribution is -2.39. The van der Waals surface area contributed by atoms with Crippen LogP contribution >= 0.6 is 0 Å². The molecule has 0 saturated carbocycles. The lowest BCUT2D eigenvalue weighted by Gasteiger charge is -2.32. The van der Waals surface area contributed by atoms with E-state index < -0.39 is 23.4 Å². The van der Waals surface area contributed by atoms with Gasteiger partial charge in [0.1, 0.15) is 11.6 Å². The van der Waals surface area contributed by atoms with Crippen molar-refractivity contribution in [3.63, 3.8) is 0 Å². The average Bonchev–Trinajstić information content (AvgIpc) is 2.86. The van der Waals surface area contributed by atoms with Crippen molar-refractivity contribution in [1.29, 1.82) is 0 Å². The number of benzene rings is 2. The lowest BCUT2D eigenvalue weighted by molar-refractivity contribution is 0.0727. The topological polar surface area (TPSA) is 67.8 Å². The summed E-state index contributed by atoms with van der Waals surface area (Å²) in [4.78, 5) is 25.7. The van der Waals surface area contributed by atoms with Gasteiger partial charge in [-0.05, 0) is 24.3 Å². The molecule has 176 valence electrons. The van der Waals surface area contributed by atoms with Crippen LogP contribution in [-0.2, 0) is 17.7 Å². The summed E-state index contributed by atoms with van der Waals surface area (Å²) in [5, 5.41) is 0. The number of fused-ring (bicyclic) bond motifs is 1. The summed E-state index contributed by atoms with van der Waals surface area (Å²) in [5.41, 5.74) is 1.20. The molecule has 1 saturated heterocycles. The molecule has 0 N–H and O–H groups in total. The molecule has 34 heavy (non-hydrogen) atoms. The van der Waals surface area contributed by atoms with Crippen molar-refractivity contribution in [2.24, 2.45) is 0 Å². The van der Waals surface area contributed by atoms with Crippen molar-refractivity contribution >= 4 is 11.9 Å². The Kier molecular flexibility index (Phi) is 6.06. The highest BCUT2D eigenvalue weighted by molar-refractivity contribution is 5.94. The normalized spacial score (nSPS) is 15.7. The maximum Gasteiger partial charge on any atom is 0.257 e. The minimum Gasteiger partial charge on any atom is -0.438 e. The molecule has 0 aliphatic carbocycles. The van der Waals surface area contributed by atoms with Gasteiger partial charge in [0.2, 0.25) is 11.8 Å². The Hall–Kier alpha value is -3.66. The van der Waals surface area contributed by atoms with Crippen molar-refractivity contribution in [3.05, 3.63) is 76.7 Å². The first kappa shape index (κ1) is 22.1. The van der Waals surface area contributed by atoms with Crippen LogP contribution in [0.4, 0.5) is 19.1 Å². The van der Waals surface area contributed by atoms with E-state index in [0.29, 0.717) is 56.5 Å². The number of halogens is 3. The summed E-state index contributed by atoms with van der Waals surface area (Å²) in [6.07, 6.45) is 0.406. The molecule has 1 amide bonds. The monoisotopic (exact) mass is 470 g/mol. The maximum atomic E-state index is 14.2. The van der Waals surface area contributed by atoms with Crippen molar-refractivity contribution in [2.75, 3.05) is 37.7 Å². The predicted octanol–water partition coefficient (Wildman–Crippen LogP) is 3.72. The third-order valence-electron chi connectivity index (χ3n) is 5.80. The zero-order valence-corrected chi connectivity index (χ0v) is 18.1. The molecular formula is C24H21F3N4O3. The van der Waals surface area contributed by atoms with Gasteiger partial charge < -0.3 is 19.3 Å². The third kappa shape index (κ3) is 4.41. The van der Waals surface area contributed by atoms with Gasteiger partial charge >= 0.3 is 0 Å². The Labute approximate surface area is 193 Å². The number of ether oxygens (including phenoxy) is 2. The van der Waals surface area contributed by atoms with Crippen LogP contribution in [0.1, 0.15) is 21.6 Å². The van der Waals surface area contributed by atoms with Gasteiger partial charge in [-0.1, -0.05) is 12.1 Å². The molecule has 2 aliphatic heterocycles. The second-order valence-electron chi connectivity index (χ2n) is 7.99. The van der Waals surface area contributed by atoms with Crippen LogP contribution in [0, 0.1) is 17.5 Å². The molecule has 7 nitrogen and oxygen atoms in total. The SMILES string of the molecule is O=C(c1ccccc1F)N1CCc2nc(N3CCOCC3)nc(Oc3ccc(F)c(F)c3)c2C1. The van der Waals surface area contributed by atoms with E-state index in [1.165, 1.54) is 29.2 Å². The van der Waals surface area contributed by atoms with E-state index in [-0.39, 0.29) is 23.7 Å². The highest BCUT2D eigenvalue weighted by atomic mass is 19.2. The quantitative estimate of drug-likeness (QED) is 0.579. The van der Waals surface area contributed by atoms with E-state index in [4.69, 9.17) is 9.47 Å². The van der Waals surface area contributed by atoms with E-state index >= 15 is 0 Å². The summed E-state index contributed by atoms with van der Waals surface area (Å²) >= 11 is 0. The van der Waals surface area contributed by atoms with Crippen molar-refractivity contribution < 1.29 is 27.4 Å². The minimum atomic E-state index is -1.05. The largest absolute Gasteiger partial charge is 0.438 e. The Morgan fingerprint density at radius 3 is 2.50 bits per heavy atom. The number of amides is 1. The van der Waals surface area contributed by atoms with Crippen LogP contribution in [0.5, 0.6) is 11.6 Å². The standard InChI is InChI=1S/C24H21F3N4O3/c25-18-4-2-1-3-16(18)23(32)31-8-7-21-17(14-31)22(34-15-5-6-19(26)20(27)13-15)29-24(28-21)30-9-11-33-12-10-30/h1-6,13H,7-12,14H2. The van der Waals surface area contributed by atoms with Crippen LogP contribution < -0.4 is 9.64 Å². The van der Waals surface area contributed by atoms with Crippen LogP contribution in [0.3, 0.4) is 0 Å². The van der Waals surface area contributed by atoms with E-state index in [1.54, 1.807) is 6.07 Å². The summed E-state index contributed by atoms with van der Waals surface area (Å²) in [7, 11) is 0. The molecule has 2 aliphatic rings. The number of anilines is 1. The summed E-state index contributed by atoms with van der Waals surface area (Å²) < 4.78 is 52.7. The number of hydrogen-bond acceptors (Lipinski definition) is 6. The number of nitrogens with zero attached hydrogens (tertiary/aromatic N) is 4. The molecular weight excluding hydrogens is 449 g/mol. The first-order chi connectivity index (χ1) is 16.5. The third-order valence-corrected chi connectivity index (χ3v) is 5.80. The molecule has 3 heterocycles. The van der Waals surface area contributed by atoms with Gasteiger partial charge in [-0.3, -0.25) is 4.79 Å². The van der Waals surface area contributed by atoms with Crippen LogP contribution in [0.2, 0.25) is 0 Å². The Morgan fingerprint density at radius 1 is 0.941 bits per heavy atom. The molecule has 5 rings (SSSR count). The van der Waals surface area contributed by atoms with Crippen molar-refractivity contribution in [1.82, 2.24) is 14.9 Å². The highest BCUT2D eigenvalue weighted by Gasteiger charge is 2.29. The van der Waals surface area contributed by atoms with E-state index in [1.807, 2.05) is 4.90 Å². The zero-order chi connectivity index (χ0) is 23.7. The molecule has 0 atom stereocenters. The Morgan fingerprint density at radius 2 is 1.74 bits per heavy atom. The summed E-state index contributed by atoms with van der Waals surface area (Å²) in [6, 6.07) is 8.99. The van der Waals surface area contributed by atoms with Crippen LogP contribution in [-0.4, -0.2) is 53.6 Å². The number of morpholine rings is 1. The number of carbonyl (C=O) groups excluding carboxylic acids is 1. The molecule has 0 unspecified atom stereocenters. The van der Waals surface area contributed by atoms with Gasteiger partial charge in [0.05, 0.1) is 36.6 Å². The summed E-state index contributed by atoms with van der Waals surface area (Å²) in [6.45, 7) is 2.69. The fraction of sp³-hybridized carbons (Fsp3) is 0.292. The van der Waals surface area contributed by atoms with Crippen molar-refractivity contribution in [3.8, 4) is 11.6 Å². The van der Waals surface area contributed by atoms with E-state index in [2.05, 4.69) is 9.97 Å². The van der Waals surface area contributed by atoms with Gasteiger partial charge in [-0.15, -0.1) is 0 Å². The highest BCUT2D eigenvalue weighted by Crippen LogP contribution is 2.32. The second kappa shape index (κ2) is 9.30. The minimum absolute atomic E-state index is 0.0279. The molecule has 3 aromatic rings. The Balaban J connectivity index is 1.50. The Bertz CT molecular complexity index is 1230. The smallest absolute Gasteiger partial charge is 0.257 e. The molecule has 1 aromatic heterocycles. The molecule has 0 radical (unpaired) electrons. The number of carbonyl (C=O) groups is 1. The first-order valence-electron chi connectivity index (χ1n) is 10.9. The molecule has 1 fully saturated rings. The fourth-order valence-corrected chi connectivity index (χ4v) is 3.99. The average molecular weight is 470 g/mol. The van der Waals surface area contributed by atoms with Crippen LogP contribution in [0.25, 0.3) is 0 Å². The van der Waals surface area contributed by atoms with Crippen molar-refractivity contribution in [2.45, 2.75) is 13.0 Å². The zero-order valence-electron chi connectivity index (χ0n) is 18.1. The number of rotatable bonds is 4. The van der Waals surface area contributed by atoms with Gasteiger partial charge in [0.25, 0.3) is 5.91 Å². The van der Waals surface area contributed by atoms with Gasteiger partial charge in [0, 0.05) is 32.1 Å². The van der Waals surface area contributed by atoms with Crippen LogP contribution in [0.15, 0.2) is 42.5 Å². The maximum absolute atomic E-state index is 14.2. The van der Waals surface area contributed by atoms with E-state index in [0.717, 1.165) is 12.1 Å². The lowest BCUT2D eigenvalue weighted by atomic mass is 10.0. The van der Waals surface area contributed by atoms with Gasteiger partial charge in [0.15, 0.2) is 11.6 Å².